The fourth-order valence-corrected chi connectivity index (χ4v) is 2.81. The van der Waals surface area contributed by atoms with Crippen molar-refractivity contribution in [2.75, 3.05) is 26.2 Å². The zero-order valence-corrected chi connectivity index (χ0v) is 12.0. The molecule has 1 aromatic rings. The van der Waals surface area contributed by atoms with Gasteiger partial charge in [-0.1, -0.05) is 30.2 Å². The van der Waals surface area contributed by atoms with Crippen molar-refractivity contribution in [1.82, 2.24) is 0 Å². The zero-order valence-electron chi connectivity index (χ0n) is 12.0. The van der Waals surface area contributed by atoms with Gasteiger partial charge in [-0.05, 0) is 50.3 Å². The average molecular weight is 254 g/mol. The van der Waals surface area contributed by atoms with E-state index in [1.165, 1.54) is 37.9 Å². The van der Waals surface area contributed by atoms with Crippen molar-refractivity contribution >= 4 is 0 Å². The van der Waals surface area contributed by atoms with E-state index in [0.29, 0.717) is 0 Å². The molecule has 0 amide bonds. The van der Waals surface area contributed by atoms with Gasteiger partial charge in [0.05, 0.1) is 19.6 Å². The van der Waals surface area contributed by atoms with E-state index in [0.717, 1.165) is 23.1 Å². The Morgan fingerprint density at radius 3 is 2.47 bits per heavy atom. The highest BCUT2D eigenvalue weighted by Crippen LogP contribution is 2.18. The first-order chi connectivity index (χ1) is 9.24. The molecular formula is C18H24N+. The lowest BCUT2D eigenvalue weighted by Gasteiger charge is -2.39. The van der Waals surface area contributed by atoms with Gasteiger partial charge in [-0.25, -0.2) is 0 Å². The van der Waals surface area contributed by atoms with Gasteiger partial charge in [0, 0.05) is 5.56 Å². The summed E-state index contributed by atoms with van der Waals surface area (Å²) in [5.74, 6) is 6.69. The van der Waals surface area contributed by atoms with Crippen molar-refractivity contribution in [2.24, 2.45) is 0 Å². The topological polar surface area (TPSA) is 0 Å². The van der Waals surface area contributed by atoms with E-state index in [1.807, 2.05) is 0 Å². The van der Waals surface area contributed by atoms with Crippen LogP contribution in [0.3, 0.4) is 0 Å². The van der Waals surface area contributed by atoms with Gasteiger partial charge < -0.3 is 4.48 Å². The normalized spacial score (nSPS) is 17.3. The van der Waals surface area contributed by atoms with Crippen LogP contribution in [0, 0.1) is 18.8 Å². The third kappa shape index (κ3) is 3.98. The minimum absolute atomic E-state index is 0.958. The molecule has 1 heteroatoms. The van der Waals surface area contributed by atoms with Crippen LogP contribution in [0.2, 0.25) is 0 Å². The standard InChI is InChI=1S/C18H24N/c1-3-13-19(14-5-4-6-15-19)16-7-8-18-11-9-17(2)10-12-18/h3,9-12H,1,4-6,13-16H2,2H3/q+1. The molecule has 0 bridgehead atoms. The summed E-state index contributed by atoms with van der Waals surface area (Å²) in [7, 11) is 0. The van der Waals surface area contributed by atoms with Crippen LogP contribution in [-0.4, -0.2) is 30.7 Å². The third-order valence-corrected chi connectivity index (χ3v) is 3.98. The van der Waals surface area contributed by atoms with Crippen molar-refractivity contribution in [3.05, 3.63) is 48.0 Å². The molecule has 1 nitrogen and oxygen atoms in total. The van der Waals surface area contributed by atoms with Gasteiger partial charge in [-0.2, -0.15) is 0 Å². The Bertz CT molecular complexity index is 467. The molecule has 0 aliphatic carbocycles. The number of piperidine rings is 1. The van der Waals surface area contributed by atoms with E-state index in [-0.39, 0.29) is 0 Å². The van der Waals surface area contributed by atoms with Crippen LogP contribution in [0.25, 0.3) is 0 Å². The van der Waals surface area contributed by atoms with E-state index < -0.39 is 0 Å². The van der Waals surface area contributed by atoms with Crippen LogP contribution in [-0.2, 0) is 0 Å². The zero-order chi connectivity index (χ0) is 13.6. The van der Waals surface area contributed by atoms with Gasteiger partial charge in [-0.3, -0.25) is 0 Å². The lowest BCUT2D eigenvalue weighted by Crippen LogP contribution is -2.51. The van der Waals surface area contributed by atoms with Gasteiger partial charge in [0.15, 0.2) is 0 Å². The van der Waals surface area contributed by atoms with Crippen molar-refractivity contribution in [3.8, 4) is 11.8 Å². The lowest BCUT2D eigenvalue weighted by molar-refractivity contribution is -0.920. The van der Waals surface area contributed by atoms with Crippen LogP contribution in [0.15, 0.2) is 36.9 Å². The van der Waals surface area contributed by atoms with E-state index in [1.54, 1.807) is 0 Å². The van der Waals surface area contributed by atoms with Crippen LogP contribution in [0.1, 0.15) is 30.4 Å². The first-order valence-electron chi connectivity index (χ1n) is 7.26. The number of nitrogens with zero attached hydrogens (tertiary/aromatic N) is 1. The summed E-state index contributed by atoms with van der Waals surface area (Å²) in [6, 6.07) is 8.46. The largest absolute Gasteiger partial charge is 0.310 e. The maximum atomic E-state index is 3.91. The fourth-order valence-electron chi connectivity index (χ4n) is 2.81. The molecule has 0 atom stereocenters. The highest BCUT2D eigenvalue weighted by molar-refractivity contribution is 5.35. The van der Waals surface area contributed by atoms with E-state index in [9.17, 15) is 0 Å². The van der Waals surface area contributed by atoms with Gasteiger partial charge in [-0.15, -0.1) is 0 Å². The minimum Gasteiger partial charge on any atom is -0.310 e. The molecule has 1 aromatic carbocycles. The molecule has 0 unspecified atom stereocenters. The van der Waals surface area contributed by atoms with Gasteiger partial charge in [0.25, 0.3) is 0 Å². The highest BCUT2D eigenvalue weighted by Gasteiger charge is 2.27. The number of rotatable bonds is 3. The Kier molecular flexibility index (Phi) is 4.82. The summed E-state index contributed by atoms with van der Waals surface area (Å²) >= 11 is 0. The predicted molar refractivity (Wildman–Crippen MR) is 81.8 cm³/mol. The molecule has 1 aliphatic heterocycles. The molecule has 0 N–H and O–H groups in total. The number of hydrogen-bond acceptors (Lipinski definition) is 0. The molecule has 1 aliphatic rings. The monoisotopic (exact) mass is 254 g/mol. The second-order valence-corrected chi connectivity index (χ2v) is 5.65. The summed E-state index contributed by atoms with van der Waals surface area (Å²) in [4.78, 5) is 0. The summed E-state index contributed by atoms with van der Waals surface area (Å²) in [6.45, 7) is 10.6. The molecule has 1 heterocycles. The van der Waals surface area contributed by atoms with Crippen molar-refractivity contribution < 1.29 is 4.48 Å². The van der Waals surface area contributed by atoms with Crippen molar-refractivity contribution in [1.29, 1.82) is 0 Å². The van der Waals surface area contributed by atoms with Crippen LogP contribution >= 0.6 is 0 Å². The third-order valence-electron chi connectivity index (χ3n) is 3.98. The summed E-state index contributed by atoms with van der Waals surface area (Å²) < 4.78 is 1.11. The first kappa shape index (κ1) is 13.9. The fraction of sp³-hybridized carbons (Fsp3) is 0.444. The summed E-state index contributed by atoms with van der Waals surface area (Å²) in [5, 5.41) is 0. The molecule has 0 saturated carbocycles. The molecule has 0 aromatic heterocycles. The van der Waals surface area contributed by atoms with Gasteiger partial charge in [0.2, 0.25) is 0 Å². The molecule has 19 heavy (non-hydrogen) atoms. The lowest BCUT2D eigenvalue weighted by atomic mass is 10.1. The molecular weight excluding hydrogens is 230 g/mol. The second kappa shape index (κ2) is 6.59. The first-order valence-corrected chi connectivity index (χ1v) is 7.26. The Labute approximate surface area is 117 Å². The molecule has 1 fully saturated rings. The number of quaternary nitrogens is 1. The minimum atomic E-state index is 0.958. The summed E-state index contributed by atoms with van der Waals surface area (Å²) in [5.41, 5.74) is 2.41. The Hall–Kier alpha value is -1.52. The van der Waals surface area contributed by atoms with Crippen LogP contribution in [0.4, 0.5) is 0 Å². The molecule has 2 rings (SSSR count). The van der Waals surface area contributed by atoms with Gasteiger partial charge in [0.1, 0.15) is 6.54 Å². The molecule has 1 saturated heterocycles. The maximum Gasteiger partial charge on any atom is 0.141 e. The number of likely N-dealkylation sites (tertiary alicyclic amines) is 1. The second-order valence-electron chi connectivity index (χ2n) is 5.65. The van der Waals surface area contributed by atoms with Crippen LogP contribution in [0.5, 0.6) is 0 Å². The number of aryl methyl sites for hydroxylation is 1. The Morgan fingerprint density at radius 1 is 1.16 bits per heavy atom. The highest BCUT2D eigenvalue weighted by atomic mass is 15.3. The molecule has 0 radical (unpaired) electrons. The van der Waals surface area contributed by atoms with Crippen molar-refractivity contribution in [2.45, 2.75) is 26.2 Å². The van der Waals surface area contributed by atoms with Crippen molar-refractivity contribution in [3.63, 3.8) is 0 Å². The van der Waals surface area contributed by atoms with E-state index in [2.05, 4.69) is 55.7 Å². The van der Waals surface area contributed by atoms with E-state index in [4.69, 9.17) is 0 Å². The van der Waals surface area contributed by atoms with Crippen LogP contribution < -0.4 is 0 Å². The molecule has 0 spiro atoms. The number of benzene rings is 1. The Balaban J connectivity index is 2.02. The predicted octanol–water partition coefficient (Wildman–Crippen LogP) is 3.53. The molecule has 100 valence electrons. The van der Waals surface area contributed by atoms with E-state index >= 15 is 0 Å². The maximum absolute atomic E-state index is 3.91. The van der Waals surface area contributed by atoms with Gasteiger partial charge >= 0.3 is 0 Å². The number of hydrogen-bond donors (Lipinski definition) is 0. The average Bonchev–Trinajstić information content (AvgIpc) is 2.42. The summed E-state index contributed by atoms with van der Waals surface area (Å²) in [6.07, 6.45) is 6.10. The Morgan fingerprint density at radius 2 is 1.84 bits per heavy atom. The smallest absolute Gasteiger partial charge is 0.141 e. The quantitative estimate of drug-likeness (QED) is 0.440. The SMILES string of the molecule is C=CC[N+]1(CC#Cc2ccc(C)cc2)CCCCC1.